The fourth-order valence-corrected chi connectivity index (χ4v) is 7.17. The predicted molar refractivity (Wildman–Crippen MR) is 168 cm³/mol. The number of rotatable bonds is 5. The maximum atomic E-state index is 8.29. The van der Waals surface area contributed by atoms with Crippen LogP contribution in [0, 0.1) is 6.92 Å². The quantitative estimate of drug-likeness (QED) is 0.175. The molecule has 4 aromatic carbocycles. The van der Waals surface area contributed by atoms with Crippen molar-refractivity contribution < 1.29 is 8.42 Å². The van der Waals surface area contributed by atoms with Gasteiger partial charge in [0.2, 0.25) is 0 Å². The summed E-state index contributed by atoms with van der Waals surface area (Å²) in [7, 11) is 0. The monoisotopic (exact) mass is 584 g/mol. The minimum Gasteiger partial charge on any atom is -0.340 e. The van der Waals surface area contributed by atoms with E-state index in [1.54, 1.807) is 0 Å². The summed E-state index contributed by atoms with van der Waals surface area (Å²) < 4.78 is 16.6. The Morgan fingerprint density at radius 1 is 0.650 bits per heavy atom. The average molecular weight is 585 g/mol. The van der Waals surface area contributed by atoms with Crippen LogP contribution in [0.4, 0.5) is 22.7 Å². The zero-order chi connectivity index (χ0) is 28.1. The normalized spacial score (nSPS) is 13.3. The molecule has 0 amide bonds. The van der Waals surface area contributed by atoms with Crippen LogP contribution >= 0.6 is 23.5 Å². The number of fused-ring (bicyclic) bond motifs is 4. The standard InChI is InChI=1S/C31H28N4S2.O2S/c1-4-34-24-8-6-7-9-28(24)36-30-17-22(11-13-25(30)34)19-32-33-20-23-12-14-26-31(18-23)37-29-15-10-21(3)16-27(29)35(26)5-2;1-3-2/h6-20H,4-5H2,1-3H3;/b32-19+,33-20+;. The molecule has 0 aromatic heterocycles. The van der Waals surface area contributed by atoms with Crippen molar-refractivity contribution in [3.63, 3.8) is 0 Å². The van der Waals surface area contributed by atoms with Gasteiger partial charge in [-0.2, -0.15) is 18.6 Å². The maximum absolute atomic E-state index is 8.29. The van der Waals surface area contributed by atoms with E-state index in [-0.39, 0.29) is 0 Å². The summed E-state index contributed by atoms with van der Waals surface area (Å²) in [6.45, 7) is 8.41. The lowest BCUT2D eigenvalue weighted by atomic mass is 10.1. The molecule has 0 saturated carbocycles. The maximum Gasteiger partial charge on any atom is 0.335 e. The molecule has 0 atom stereocenters. The van der Waals surface area contributed by atoms with Gasteiger partial charge in [-0.3, -0.25) is 0 Å². The third-order valence-electron chi connectivity index (χ3n) is 6.66. The second-order valence-electron chi connectivity index (χ2n) is 9.14. The van der Waals surface area contributed by atoms with Crippen molar-refractivity contribution in [2.24, 2.45) is 10.2 Å². The third-order valence-corrected chi connectivity index (χ3v) is 8.89. The van der Waals surface area contributed by atoms with Crippen LogP contribution in [0.1, 0.15) is 30.5 Å². The van der Waals surface area contributed by atoms with Crippen LogP contribution in [-0.4, -0.2) is 33.9 Å². The van der Waals surface area contributed by atoms with Gasteiger partial charge in [-0.15, -0.1) is 0 Å². The van der Waals surface area contributed by atoms with Gasteiger partial charge < -0.3 is 9.80 Å². The van der Waals surface area contributed by atoms with Gasteiger partial charge in [0, 0.05) is 32.7 Å². The van der Waals surface area contributed by atoms with E-state index in [0.717, 1.165) is 24.2 Å². The van der Waals surface area contributed by atoms with Crippen LogP contribution in [0.3, 0.4) is 0 Å². The molecular weight excluding hydrogens is 557 g/mol. The Morgan fingerprint density at radius 3 is 1.73 bits per heavy atom. The lowest BCUT2D eigenvalue weighted by Crippen LogP contribution is -2.20. The minimum atomic E-state index is -0.750. The summed E-state index contributed by atoms with van der Waals surface area (Å²) in [6.07, 6.45) is 3.67. The Balaban J connectivity index is 0.00000103. The third kappa shape index (κ3) is 5.77. The summed E-state index contributed by atoms with van der Waals surface area (Å²) >= 11 is 2.89. The molecule has 0 fully saturated rings. The Bertz CT molecular complexity index is 1650. The second kappa shape index (κ2) is 12.7. The van der Waals surface area contributed by atoms with E-state index in [1.165, 1.54) is 47.9 Å². The molecule has 0 unspecified atom stereocenters. The van der Waals surface area contributed by atoms with Gasteiger partial charge in [-0.05, 0) is 86.0 Å². The highest BCUT2D eigenvalue weighted by atomic mass is 32.2. The number of anilines is 4. The predicted octanol–water partition coefficient (Wildman–Crippen LogP) is 8.02. The van der Waals surface area contributed by atoms with Gasteiger partial charge in [-0.1, -0.05) is 53.9 Å². The van der Waals surface area contributed by atoms with E-state index >= 15 is 0 Å². The van der Waals surface area contributed by atoms with Gasteiger partial charge >= 0.3 is 11.6 Å². The van der Waals surface area contributed by atoms with Gasteiger partial charge in [0.05, 0.1) is 35.2 Å². The van der Waals surface area contributed by atoms with Crippen LogP contribution in [-0.2, 0) is 11.6 Å². The number of nitrogens with zero attached hydrogens (tertiary/aromatic N) is 4. The van der Waals surface area contributed by atoms with Crippen LogP contribution in [0.5, 0.6) is 0 Å². The van der Waals surface area contributed by atoms with Crippen molar-refractivity contribution in [2.45, 2.75) is 40.4 Å². The molecule has 4 aromatic rings. The summed E-state index contributed by atoms with van der Waals surface area (Å²) in [6, 6.07) is 28.3. The van der Waals surface area contributed by atoms with E-state index in [9.17, 15) is 0 Å². The summed E-state index contributed by atoms with van der Waals surface area (Å²) in [5, 5.41) is 8.73. The minimum absolute atomic E-state index is 0.750. The first-order valence-corrected chi connectivity index (χ1v) is 15.2. The van der Waals surface area contributed by atoms with Gasteiger partial charge in [-0.25, -0.2) is 0 Å². The zero-order valence-corrected chi connectivity index (χ0v) is 24.9. The van der Waals surface area contributed by atoms with Gasteiger partial charge in [0.25, 0.3) is 0 Å². The Hall–Kier alpha value is -3.66. The number of benzene rings is 4. The molecule has 0 bridgehead atoms. The number of aryl methyl sites for hydroxylation is 1. The van der Waals surface area contributed by atoms with Crippen molar-refractivity contribution in [3.8, 4) is 0 Å². The molecule has 0 saturated heterocycles. The molecule has 0 N–H and O–H groups in total. The molecule has 0 spiro atoms. The largest absolute Gasteiger partial charge is 0.340 e. The summed E-state index contributed by atoms with van der Waals surface area (Å²) in [4.78, 5) is 9.83. The van der Waals surface area contributed by atoms with E-state index in [0.29, 0.717) is 0 Å². The molecule has 40 heavy (non-hydrogen) atoms. The highest BCUT2D eigenvalue weighted by molar-refractivity contribution is 8.00. The van der Waals surface area contributed by atoms with Crippen molar-refractivity contribution >= 4 is 70.3 Å². The second-order valence-corrected chi connectivity index (χ2v) is 11.4. The molecule has 0 aliphatic carbocycles. The topological polar surface area (TPSA) is 65.3 Å². The molecule has 6 rings (SSSR count). The van der Waals surface area contributed by atoms with Crippen LogP contribution in [0.25, 0.3) is 0 Å². The SMILES string of the molecule is CCN1c2ccccc2Sc2cc(/C=N/N=C/c3ccc4c(c3)Sc3ccc(C)cc3N4CC)ccc21.O=S=O. The molecular formula is C31H28N4O2S3. The Morgan fingerprint density at radius 2 is 1.15 bits per heavy atom. The molecule has 6 nitrogen and oxygen atoms in total. The van der Waals surface area contributed by atoms with E-state index < -0.39 is 11.6 Å². The van der Waals surface area contributed by atoms with Crippen LogP contribution < -0.4 is 9.80 Å². The lowest BCUT2D eigenvalue weighted by Gasteiger charge is -2.32. The first-order chi connectivity index (χ1) is 19.6. The van der Waals surface area contributed by atoms with Gasteiger partial charge in [0.15, 0.2) is 0 Å². The highest BCUT2D eigenvalue weighted by Crippen LogP contribution is 2.49. The van der Waals surface area contributed by atoms with E-state index in [1.807, 2.05) is 36.0 Å². The van der Waals surface area contributed by atoms with Crippen molar-refractivity contribution in [2.75, 3.05) is 22.9 Å². The molecule has 0 radical (unpaired) electrons. The summed E-state index contributed by atoms with van der Waals surface area (Å²) in [5.41, 5.74) is 8.44. The molecule has 9 heteroatoms. The van der Waals surface area contributed by atoms with Gasteiger partial charge in [0.1, 0.15) is 0 Å². The number of hydrogen-bond donors (Lipinski definition) is 0. The van der Waals surface area contributed by atoms with Crippen molar-refractivity contribution in [1.29, 1.82) is 0 Å². The van der Waals surface area contributed by atoms with Crippen LogP contribution in [0.2, 0.25) is 0 Å². The lowest BCUT2D eigenvalue weighted by molar-refractivity contribution is 0.630. The van der Waals surface area contributed by atoms with Crippen LogP contribution in [0.15, 0.2) is 109 Å². The average Bonchev–Trinajstić information content (AvgIpc) is 2.97. The first kappa shape index (κ1) is 27.9. The molecule has 202 valence electrons. The van der Waals surface area contributed by atoms with Crippen molar-refractivity contribution in [1.82, 2.24) is 0 Å². The smallest absolute Gasteiger partial charge is 0.335 e. The van der Waals surface area contributed by atoms with E-state index in [4.69, 9.17) is 8.42 Å². The van der Waals surface area contributed by atoms with E-state index in [2.05, 4.69) is 120 Å². The number of hydrogen-bond acceptors (Lipinski definition) is 8. The first-order valence-electron chi connectivity index (χ1n) is 12.9. The summed E-state index contributed by atoms with van der Waals surface area (Å²) in [5.74, 6) is 0. The Kier molecular flexibility index (Phi) is 8.84. The molecule has 2 aliphatic rings. The highest BCUT2D eigenvalue weighted by Gasteiger charge is 2.23. The fraction of sp³-hybridized carbons (Fsp3) is 0.161. The fourth-order valence-electron chi connectivity index (χ4n) is 4.90. The zero-order valence-electron chi connectivity index (χ0n) is 22.4. The molecule has 2 heterocycles. The van der Waals surface area contributed by atoms with Crippen molar-refractivity contribution in [3.05, 3.63) is 95.6 Å². The number of para-hydroxylation sites is 1. The Labute approximate surface area is 246 Å². The molecule has 2 aliphatic heterocycles.